The first-order valence-electron chi connectivity index (χ1n) is 12.1. The minimum absolute atomic E-state index is 0.114. The molecule has 1 aliphatic carbocycles. The molecule has 5 rings (SSSR count). The first kappa shape index (κ1) is 22.9. The summed E-state index contributed by atoms with van der Waals surface area (Å²) >= 11 is 0. The highest BCUT2D eigenvalue weighted by Crippen LogP contribution is 2.41. The smallest absolute Gasteiger partial charge is 0.295 e. The number of aliphatic hydroxyl groups is 1. The number of Topliss-reactive ketones (excluding diaryl/α,β-unsaturated/α-hetero) is 1. The van der Waals surface area contributed by atoms with Gasteiger partial charge in [0.2, 0.25) is 0 Å². The average molecular weight is 468 g/mol. The molecule has 3 aromatic carbocycles. The summed E-state index contributed by atoms with van der Waals surface area (Å²) in [4.78, 5) is 28.2. The van der Waals surface area contributed by atoms with Gasteiger partial charge in [0.05, 0.1) is 18.7 Å². The summed E-state index contributed by atoms with van der Waals surface area (Å²) in [6, 6.07) is 20.4. The van der Waals surface area contributed by atoms with Gasteiger partial charge in [0.1, 0.15) is 11.5 Å². The summed E-state index contributed by atoms with van der Waals surface area (Å²) in [5.74, 6) is -0.704. The van der Waals surface area contributed by atoms with Crippen molar-refractivity contribution in [2.45, 2.75) is 45.2 Å². The standard InChI is InChI=1S/C30H29NO4/c1-19-7-5-11-23(15-19)27-26(28(32)24-14-13-21-9-3-4-10-22(21)17-24)29(33)30(34)31(27)18-20-8-6-12-25(16-20)35-2/h5-8,11-17,27,32H,3-4,9-10,18H2,1-2H3/b28-26-. The predicted molar refractivity (Wildman–Crippen MR) is 135 cm³/mol. The normalized spacial score (nSPS) is 19.0. The van der Waals surface area contributed by atoms with Crippen molar-refractivity contribution in [2.24, 2.45) is 0 Å². The predicted octanol–water partition coefficient (Wildman–Crippen LogP) is 5.50. The van der Waals surface area contributed by atoms with Crippen LogP contribution in [0.1, 0.15) is 52.3 Å². The van der Waals surface area contributed by atoms with Crippen LogP contribution in [-0.4, -0.2) is 28.8 Å². The summed E-state index contributed by atoms with van der Waals surface area (Å²) in [6.07, 6.45) is 4.28. The molecule has 1 fully saturated rings. The van der Waals surface area contributed by atoms with Crippen molar-refractivity contribution >= 4 is 17.4 Å². The van der Waals surface area contributed by atoms with Crippen LogP contribution < -0.4 is 4.74 Å². The molecule has 1 saturated heterocycles. The van der Waals surface area contributed by atoms with Crippen molar-refractivity contribution in [2.75, 3.05) is 7.11 Å². The molecule has 0 saturated carbocycles. The van der Waals surface area contributed by atoms with Gasteiger partial charge in [-0.15, -0.1) is 0 Å². The molecular formula is C30H29NO4. The quantitative estimate of drug-likeness (QED) is 0.306. The summed E-state index contributed by atoms with van der Waals surface area (Å²) in [5, 5.41) is 11.4. The number of methoxy groups -OCH3 is 1. The van der Waals surface area contributed by atoms with Gasteiger partial charge in [-0.1, -0.05) is 54.1 Å². The minimum atomic E-state index is -0.683. The van der Waals surface area contributed by atoms with E-state index < -0.39 is 17.7 Å². The molecule has 5 nitrogen and oxygen atoms in total. The largest absolute Gasteiger partial charge is 0.507 e. The zero-order chi connectivity index (χ0) is 24.5. The molecule has 178 valence electrons. The van der Waals surface area contributed by atoms with Gasteiger partial charge in [-0.3, -0.25) is 9.59 Å². The second kappa shape index (κ2) is 9.41. The number of carbonyl (C=O) groups excluding carboxylic acids is 2. The number of rotatable bonds is 5. The number of amides is 1. The molecule has 1 aliphatic heterocycles. The highest BCUT2D eigenvalue weighted by atomic mass is 16.5. The molecule has 1 heterocycles. The topological polar surface area (TPSA) is 66.8 Å². The molecule has 0 spiro atoms. The first-order chi connectivity index (χ1) is 17.0. The van der Waals surface area contributed by atoms with Gasteiger partial charge >= 0.3 is 0 Å². The molecule has 1 amide bonds. The van der Waals surface area contributed by atoms with E-state index in [-0.39, 0.29) is 17.9 Å². The number of ketones is 1. The van der Waals surface area contributed by atoms with E-state index in [4.69, 9.17) is 4.74 Å². The lowest BCUT2D eigenvalue weighted by Gasteiger charge is -2.26. The number of carbonyl (C=O) groups is 2. The van der Waals surface area contributed by atoms with Gasteiger partial charge in [-0.2, -0.15) is 0 Å². The zero-order valence-electron chi connectivity index (χ0n) is 20.1. The van der Waals surface area contributed by atoms with Crippen molar-refractivity contribution in [3.05, 3.63) is 106 Å². The summed E-state index contributed by atoms with van der Waals surface area (Å²) in [5.41, 5.74) is 5.88. The van der Waals surface area contributed by atoms with Crippen molar-refractivity contribution in [1.29, 1.82) is 0 Å². The maximum atomic E-state index is 13.4. The Hall–Kier alpha value is -3.86. The molecule has 2 aliphatic rings. The molecule has 0 aromatic heterocycles. The zero-order valence-corrected chi connectivity index (χ0v) is 20.1. The van der Waals surface area contributed by atoms with Gasteiger partial charge in [-0.25, -0.2) is 0 Å². The number of hydrogen-bond donors (Lipinski definition) is 1. The lowest BCUT2D eigenvalue weighted by Crippen LogP contribution is -2.29. The maximum absolute atomic E-state index is 13.4. The van der Waals surface area contributed by atoms with Crippen molar-refractivity contribution in [3.63, 3.8) is 0 Å². The number of likely N-dealkylation sites (tertiary alicyclic amines) is 1. The third-order valence-corrected chi connectivity index (χ3v) is 7.01. The Morgan fingerprint density at radius 1 is 0.971 bits per heavy atom. The molecule has 0 bridgehead atoms. The molecule has 1 atom stereocenters. The Bertz CT molecular complexity index is 1340. The second-order valence-electron chi connectivity index (χ2n) is 9.38. The second-order valence-corrected chi connectivity index (χ2v) is 9.38. The minimum Gasteiger partial charge on any atom is -0.507 e. The van der Waals surface area contributed by atoms with Gasteiger partial charge in [0.25, 0.3) is 11.7 Å². The number of hydrogen-bond acceptors (Lipinski definition) is 4. The summed E-state index contributed by atoms with van der Waals surface area (Å²) in [6.45, 7) is 2.20. The lowest BCUT2D eigenvalue weighted by molar-refractivity contribution is -0.140. The van der Waals surface area contributed by atoms with E-state index >= 15 is 0 Å². The molecule has 1 unspecified atom stereocenters. The van der Waals surface area contributed by atoms with E-state index in [9.17, 15) is 14.7 Å². The Labute approximate surface area is 205 Å². The number of nitrogens with zero attached hydrogens (tertiary/aromatic N) is 1. The number of ether oxygens (including phenoxy) is 1. The van der Waals surface area contributed by atoms with Gasteiger partial charge in [-0.05, 0) is 73.1 Å². The Morgan fingerprint density at radius 3 is 2.51 bits per heavy atom. The third-order valence-electron chi connectivity index (χ3n) is 7.01. The fourth-order valence-corrected chi connectivity index (χ4v) is 5.23. The molecule has 35 heavy (non-hydrogen) atoms. The van der Waals surface area contributed by atoms with Crippen LogP contribution in [-0.2, 0) is 29.0 Å². The monoisotopic (exact) mass is 467 g/mol. The first-order valence-corrected chi connectivity index (χ1v) is 12.1. The Balaban J connectivity index is 1.62. The molecule has 1 N–H and O–H groups in total. The van der Waals surface area contributed by atoms with Gasteiger partial charge < -0.3 is 14.7 Å². The van der Waals surface area contributed by atoms with Crippen LogP contribution in [0.25, 0.3) is 5.76 Å². The van der Waals surface area contributed by atoms with Crippen LogP contribution in [0, 0.1) is 6.92 Å². The summed E-state index contributed by atoms with van der Waals surface area (Å²) in [7, 11) is 1.59. The van der Waals surface area contributed by atoms with Gasteiger partial charge in [0, 0.05) is 12.1 Å². The Morgan fingerprint density at radius 2 is 1.74 bits per heavy atom. The van der Waals surface area contributed by atoms with Crippen LogP contribution in [0.5, 0.6) is 5.75 Å². The van der Waals surface area contributed by atoms with Gasteiger partial charge in [0.15, 0.2) is 0 Å². The molecular weight excluding hydrogens is 438 g/mol. The molecule has 0 radical (unpaired) electrons. The van der Waals surface area contributed by atoms with Crippen LogP contribution >= 0.6 is 0 Å². The lowest BCUT2D eigenvalue weighted by atomic mass is 9.88. The van der Waals surface area contributed by atoms with Crippen molar-refractivity contribution < 1.29 is 19.4 Å². The number of benzene rings is 3. The van der Waals surface area contributed by atoms with Crippen LogP contribution in [0.4, 0.5) is 0 Å². The van der Waals surface area contributed by atoms with E-state index in [1.165, 1.54) is 17.5 Å². The number of aryl methyl sites for hydroxylation is 3. The summed E-state index contributed by atoms with van der Waals surface area (Å²) < 4.78 is 5.34. The van der Waals surface area contributed by atoms with E-state index in [2.05, 4.69) is 0 Å². The fourth-order valence-electron chi connectivity index (χ4n) is 5.23. The van der Waals surface area contributed by atoms with Crippen LogP contribution in [0.2, 0.25) is 0 Å². The number of aliphatic hydroxyl groups excluding tert-OH is 1. The van der Waals surface area contributed by atoms with E-state index in [1.807, 2.05) is 73.7 Å². The van der Waals surface area contributed by atoms with Crippen molar-refractivity contribution in [3.8, 4) is 5.75 Å². The van der Waals surface area contributed by atoms with E-state index in [0.29, 0.717) is 11.3 Å². The van der Waals surface area contributed by atoms with E-state index in [0.717, 1.165) is 36.0 Å². The molecule has 3 aromatic rings. The third kappa shape index (κ3) is 4.34. The van der Waals surface area contributed by atoms with Crippen LogP contribution in [0.15, 0.2) is 72.3 Å². The SMILES string of the molecule is COc1cccc(CN2C(=O)C(=O)/C(=C(\O)c3ccc4c(c3)CCCC4)C2c2cccc(C)c2)c1. The maximum Gasteiger partial charge on any atom is 0.295 e. The number of fused-ring (bicyclic) bond motifs is 1. The Kier molecular flexibility index (Phi) is 6.16. The van der Waals surface area contributed by atoms with Crippen LogP contribution in [0.3, 0.4) is 0 Å². The fraction of sp³-hybridized carbons (Fsp3) is 0.267. The van der Waals surface area contributed by atoms with E-state index in [1.54, 1.807) is 12.0 Å². The average Bonchev–Trinajstić information content (AvgIpc) is 3.13. The highest BCUT2D eigenvalue weighted by Gasteiger charge is 2.46. The molecule has 5 heteroatoms. The highest BCUT2D eigenvalue weighted by molar-refractivity contribution is 6.46. The van der Waals surface area contributed by atoms with Crippen molar-refractivity contribution in [1.82, 2.24) is 4.90 Å².